The third-order valence-electron chi connectivity index (χ3n) is 2.45. The lowest BCUT2D eigenvalue weighted by Crippen LogP contribution is -1.96. The Hall–Kier alpha value is -2.01. The van der Waals surface area contributed by atoms with Crippen molar-refractivity contribution in [1.29, 1.82) is 0 Å². The van der Waals surface area contributed by atoms with Crippen LogP contribution < -0.4 is 0 Å². The van der Waals surface area contributed by atoms with E-state index in [1.54, 1.807) is 12.1 Å². The van der Waals surface area contributed by atoms with Gasteiger partial charge in [-0.05, 0) is 17.7 Å². The van der Waals surface area contributed by atoms with E-state index in [0.717, 1.165) is 10.5 Å². The molecule has 0 heterocycles. The lowest BCUT2D eigenvalue weighted by Gasteiger charge is -2.02. The van der Waals surface area contributed by atoms with Gasteiger partial charge in [0.15, 0.2) is 0 Å². The highest BCUT2D eigenvalue weighted by atomic mass is 32.2. The quantitative estimate of drug-likeness (QED) is 0.628. The van der Waals surface area contributed by atoms with Crippen LogP contribution in [0.3, 0.4) is 0 Å². The normalized spacial score (nSPS) is 12.0. The average Bonchev–Trinajstić information content (AvgIpc) is 2.40. The minimum Gasteiger partial charge on any atom is -0.258 e. The fourth-order valence-electron chi connectivity index (χ4n) is 1.52. The summed E-state index contributed by atoms with van der Waals surface area (Å²) in [6.45, 7) is 0. The number of benzene rings is 2. The molecule has 0 spiro atoms. The van der Waals surface area contributed by atoms with Crippen LogP contribution in [-0.4, -0.2) is 9.13 Å². The van der Waals surface area contributed by atoms with Crippen molar-refractivity contribution in [2.45, 2.75) is 10.6 Å². The van der Waals surface area contributed by atoms with Crippen molar-refractivity contribution >= 4 is 16.5 Å². The molecule has 0 aliphatic carbocycles. The molecule has 0 aromatic heterocycles. The minimum absolute atomic E-state index is 0.0456. The molecule has 92 valence electrons. The molecule has 0 fully saturated rings. The summed E-state index contributed by atoms with van der Waals surface area (Å²) in [5.74, 6) is 0.363. The van der Waals surface area contributed by atoms with E-state index in [2.05, 4.69) is 0 Å². The van der Waals surface area contributed by atoms with E-state index in [1.165, 1.54) is 12.1 Å². The zero-order valence-electron chi connectivity index (χ0n) is 9.48. The second kappa shape index (κ2) is 5.55. The number of rotatable bonds is 4. The number of non-ortho nitro benzene ring substituents is 1. The van der Waals surface area contributed by atoms with Crippen LogP contribution in [0, 0.1) is 10.1 Å². The first kappa shape index (κ1) is 12.4. The second-order valence-electron chi connectivity index (χ2n) is 3.73. The van der Waals surface area contributed by atoms with Gasteiger partial charge in [-0.1, -0.05) is 30.3 Å². The van der Waals surface area contributed by atoms with Crippen LogP contribution in [0.1, 0.15) is 5.56 Å². The van der Waals surface area contributed by atoms with Crippen LogP contribution in [0.4, 0.5) is 5.69 Å². The summed E-state index contributed by atoms with van der Waals surface area (Å²) >= 11 is 0. The van der Waals surface area contributed by atoms with Crippen LogP contribution in [0.2, 0.25) is 0 Å². The van der Waals surface area contributed by atoms with Crippen LogP contribution in [0.5, 0.6) is 0 Å². The van der Waals surface area contributed by atoms with E-state index in [1.807, 2.05) is 30.3 Å². The second-order valence-corrected chi connectivity index (χ2v) is 5.18. The van der Waals surface area contributed by atoms with E-state index >= 15 is 0 Å². The van der Waals surface area contributed by atoms with E-state index in [-0.39, 0.29) is 5.69 Å². The van der Waals surface area contributed by atoms with Crippen molar-refractivity contribution in [2.75, 3.05) is 0 Å². The maximum absolute atomic E-state index is 12.0. The Balaban J connectivity index is 2.10. The molecule has 0 saturated carbocycles. The van der Waals surface area contributed by atoms with Crippen LogP contribution >= 0.6 is 0 Å². The van der Waals surface area contributed by atoms with Gasteiger partial charge in [-0.15, -0.1) is 0 Å². The monoisotopic (exact) mass is 261 g/mol. The molecule has 2 aromatic rings. The lowest BCUT2D eigenvalue weighted by molar-refractivity contribution is -0.384. The Morgan fingerprint density at radius 1 is 1.00 bits per heavy atom. The molecule has 0 aliphatic rings. The lowest BCUT2D eigenvalue weighted by atomic mass is 10.2. The zero-order chi connectivity index (χ0) is 13.0. The molecule has 0 bridgehead atoms. The number of hydrogen-bond donors (Lipinski definition) is 0. The summed E-state index contributed by atoms with van der Waals surface area (Å²) in [4.78, 5) is 10.8. The first-order valence-corrected chi connectivity index (χ1v) is 6.65. The molecule has 0 N–H and O–H groups in total. The molecule has 0 unspecified atom stereocenters. The van der Waals surface area contributed by atoms with Crippen molar-refractivity contribution in [3.63, 3.8) is 0 Å². The maximum Gasteiger partial charge on any atom is 0.269 e. The maximum atomic E-state index is 12.0. The molecule has 0 amide bonds. The Bertz CT molecular complexity index is 567. The summed E-state index contributed by atoms with van der Waals surface area (Å²) in [5.41, 5.74) is 0.868. The Morgan fingerprint density at radius 2 is 1.61 bits per heavy atom. The highest BCUT2D eigenvalue weighted by molar-refractivity contribution is 7.84. The molecule has 0 saturated heterocycles. The molecule has 4 nitrogen and oxygen atoms in total. The van der Waals surface area contributed by atoms with Crippen molar-refractivity contribution in [1.82, 2.24) is 0 Å². The fraction of sp³-hybridized carbons (Fsp3) is 0.0769. The molecule has 0 radical (unpaired) electrons. The van der Waals surface area contributed by atoms with E-state index < -0.39 is 15.7 Å². The summed E-state index contributed by atoms with van der Waals surface area (Å²) in [5, 5.41) is 10.5. The number of nitro benzene ring substituents is 1. The summed E-state index contributed by atoms with van der Waals surface area (Å²) < 4.78 is 12.0. The van der Waals surface area contributed by atoms with Crippen molar-refractivity contribution in [2.24, 2.45) is 0 Å². The van der Waals surface area contributed by atoms with Gasteiger partial charge in [0.05, 0.1) is 21.5 Å². The summed E-state index contributed by atoms with van der Waals surface area (Å²) in [6, 6.07) is 15.3. The van der Waals surface area contributed by atoms with Gasteiger partial charge in [0.2, 0.25) is 0 Å². The fourth-order valence-corrected chi connectivity index (χ4v) is 2.64. The van der Waals surface area contributed by atoms with Gasteiger partial charge < -0.3 is 0 Å². The summed E-state index contributed by atoms with van der Waals surface area (Å²) in [7, 11) is -1.12. The number of hydrogen-bond acceptors (Lipinski definition) is 3. The van der Waals surface area contributed by atoms with E-state index in [4.69, 9.17) is 0 Å². The Morgan fingerprint density at radius 3 is 2.17 bits per heavy atom. The molecular weight excluding hydrogens is 250 g/mol. The van der Waals surface area contributed by atoms with Crippen LogP contribution in [0.25, 0.3) is 0 Å². The van der Waals surface area contributed by atoms with Crippen LogP contribution in [-0.2, 0) is 16.6 Å². The Labute approximate surface area is 107 Å². The van der Waals surface area contributed by atoms with Gasteiger partial charge in [-0.25, -0.2) is 0 Å². The highest BCUT2D eigenvalue weighted by Gasteiger charge is 2.07. The first-order chi connectivity index (χ1) is 8.66. The van der Waals surface area contributed by atoms with Crippen molar-refractivity contribution in [3.8, 4) is 0 Å². The van der Waals surface area contributed by atoms with Gasteiger partial charge in [0.1, 0.15) is 0 Å². The van der Waals surface area contributed by atoms with Crippen molar-refractivity contribution < 1.29 is 9.13 Å². The highest BCUT2D eigenvalue weighted by Crippen LogP contribution is 2.15. The molecule has 1 atom stereocenters. The van der Waals surface area contributed by atoms with Gasteiger partial charge in [0.25, 0.3) is 5.69 Å². The van der Waals surface area contributed by atoms with E-state index in [9.17, 15) is 14.3 Å². The van der Waals surface area contributed by atoms with Gasteiger partial charge in [-0.2, -0.15) is 0 Å². The number of nitro groups is 1. The number of nitrogens with zero attached hydrogens (tertiary/aromatic N) is 1. The topological polar surface area (TPSA) is 60.2 Å². The predicted molar refractivity (Wildman–Crippen MR) is 69.7 cm³/mol. The largest absolute Gasteiger partial charge is 0.269 e. The smallest absolute Gasteiger partial charge is 0.258 e. The zero-order valence-corrected chi connectivity index (χ0v) is 10.3. The molecule has 0 aliphatic heterocycles. The minimum atomic E-state index is -1.12. The molecule has 2 rings (SSSR count). The predicted octanol–water partition coefficient (Wildman–Crippen LogP) is 2.90. The standard InChI is InChI=1S/C13H11NO3S/c15-14(16)12-8-6-11(7-9-12)10-18(17)13-4-2-1-3-5-13/h1-9H,10H2/t18-/m1/s1. The SMILES string of the molecule is O=[N+]([O-])c1ccc(C[S@@](=O)c2ccccc2)cc1. The summed E-state index contributed by atoms with van der Waals surface area (Å²) in [6.07, 6.45) is 0. The molecular formula is C13H11NO3S. The van der Waals surface area contributed by atoms with Gasteiger partial charge >= 0.3 is 0 Å². The Kier molecular flexibility index (Phi) is 3.84. The van der Waals surface area contributed by atoms with Crippen molar-refractivity contribution in [3.05, 3.63) is 70.3 Å². The molecule has 18 heavy (non-hydrogen) atoms. The molecule has 2 aromatic carbocycles. The average molecular weight is 261 g/mol. The third kappa shape index (κ3) is 3.01. The van der Waals surface area contributed by atoms with Crippen LogP contribution in [0.15, 0.2) is 59.5 Å². The molecule has 5 heteroatoms. The van der Waals surface area contributed by atoms with Gasteiger partial charge in [0, 0.05) is 17.0 Å². The first-order valence-electron chi connectivity index (χ1n) is 5.33. The third-order valence-corrected chi connectivity index (χ3v) is 3.84. The van der Waals surface area contributed by atoms with E-state index in [0.29, 0.717) is 5.75 Å². The van der Waals surface area contributed by atoms with Gasteiger partial charge in [-0.3, -0.25) is 14.3 Å².